The molecular weight excluding hydrogens is 236 g/mol. The third-order valence-electron chi connectivity index (χ3n) is 1.38. The van der Waals surface area contributed by atoms with Crippen LogP contribution in [0.3, 0.4) is 0 Å². The molecule has 1 heterocycles. The predicted octanol–water partition coefficient (Wildman–Crippen LogP) is 4.00. The molecule has 4 N–H and O–H groups in total. The Labute approximate surface area is 118 Å². The first-order valence-corrected chi connectivity index (χ1v) is 6.81. The molecule has 1 aromatic heterocycles. The second-order valence-corrected chi connectivity index (χ2v) is 2.68. The van der Waals surface area contributed by atoms with E-state index in [1.165, 1.54) is 0 Å². The zero-order valence-corrected chi connectivity index (χ0v) is 13.2. The summed E-state index contributed by atoms with van der Waals surface area (Å²) in [6, 6.07) is 5.43. The molecule has 4 nitrogen and oxygen atoms in total. The summed E-state index contributed by atoms with van der Waals surface area (Å²) >= 11 is 0. The van der Waals surface area contributed by atoms with Crippen LogP contribution in [0.25, 0.3) is 0 Å². The van der Waals surface area contributed by atoms with E-state index in [4.69, 9.17) is 11.5 Å². The lowest BCUT2D eigenvalue weighted by atomic mass is 10.4. The molecule has 0 unspecified atom stereocenters. The van der Waals surface area contributed by atoms with Crippen molar-refractivity contribution in [1.29, 1.82) is 0 Å². The molecule has 19 heavy (non-hydrogen) atoms. The van der Waals surface area contributed by atoms with Crippen molar-refractivity contribution in [3.63, 3.8) is 0 Å². The summed E-state index contributed by atoms with van der Waals surface area (Å²) < 4.78 is 0. The monoisotopic (exact) mass is 266 g/mol. The van der Waals surface area contributed by atoms with Crippen molar-refractivity contribution < 1.29 is 0 Å². The summed E-state index contributed by atoms with van der Waals surface area (Å²) in [5.41, 5.74) is 10.6. The SMILES string of the molecule is C/C=N\C(N)=C/CC.CC.CC.Nc1ccccn1. The smallest absolute Gasteiger partial charge is 0.123 e. The Morgan fingerprint density at radius 3 is 2.11 bits per heavy atom. The minimum atomic E-state index is 0.572. The number of nitrogens with two attached hydrogens (primary N) is 2. The van der Waals surface area contributed by atoms with Crippen molar-refractivity contribution in [2.24, 2.45) is 10.7 Å². The van der Waals surface area contributed by atoms with Gasteiger partial charge in [-0.25, -0.2) is 9.98 Å². The average Bonchev–Trinajstić information content (AvgIpc) is 2.45. The predicted molar refractivity (Wildman–Crippen MR) is 88.1 cm³/mol. The lowest BCUT2D eigenvalue weighted by Crippen LogP contribution is -1.91. The van der Waals surface area contributed by atoms with Gasteiger partial charge in [0.25, 0.3) is 0 Å². The molecule has 0 aliphatic heterocycles. The Hall–Kier alpha value is -1.84. The molecule has 1 aromatic rings. The third kappa shape index (κ3) is 21.9. The third-order valence-corrected chi connectivity index (χ3v) is 1.38. The van der Waals surface area contributed by atoms with Crippen LogP contribution in [-0.2, 0) is 0 Å². The lowest BCUT2D eigenvalue weighted by Gasteiger charge is -1.86. The van der Waals surface area contributed by atoms with E-state index < -0.39 is 0 Å². The number of pyridine rings is 1. The number of allylic oxidation sites excluding steroid dienone is 1. The highest BCUT2D eigenvalue weighted by molar-refractivity contribution is 5.54. The molecule has 1 rings (SSSR count). The summed E-state index contributed by atoms with van der Waals surface area (Å²) in [6.07, 6.45) is 6.17. The number of hydrogen-bond acceptors (Lipinski definition) is 4. The topological polar surface area (TPSA) is 77.3 Å². The molecule has 0 fully saturated rings. The second-order valence-electron chi connectivity index (χ2n) is 2.68. The van der Waals surface area contributed by atoms with Crippen LogP contribution in [0.15, 0.2) is 41.3 Å². The lowest BCUT2D eigenvalue weighted by molar-refractivity contribution is 1.13. The molecule has 0 saturated carbocycles. The van der Waals surface area contributed by atoms with E-state index in [-0.39, 0.29) is 0 Å². The molecule has 0 bridgehead atoms. The van der Waals surface area contributed by atoms with E-state index in [9.17, 15) is 0 Å². The van der Waals surface area contributed by atoms with Crippen molar-refractivity contribution in [3.05, 3.63) is 36.3 Å². The van der Waals surface area contributed by atoms with Crippen LogP contribution in [0.2, 0.25) is 0 Å². The summed E-state index contributed by atoms with van der Waals surface area (Å²) in [6.45, 7) is 11.9. The van der Waals surface area contributed by atoms with E-state index in [0.717, 1.165) is 6.42 Å². The first-order chi connectivity index (χ1) is 9.20. The average molecular weight is 266 g/mol. The van der Waals surface area contributed by atoms with Crippen LogP contribution in [0.4, 0.5) is 5.82 Å². The van der Waals surface area contributed by atoms with Crippen LogP contribution in [-0.4, -0.2) is 11.2 Å². The van der Waals surface area contributed by atoms with Crippen LogP contribution >= 0.6 is 0 Å². The summed E-state index contributed by atoms with van der Waals surface area (Å²) in [7, 11) is 0. The van der Waals surface area contributed by atoms with Crippen LogP contribution in [0, 0.1) is 0 Å². The maximum atomic E-state index is 5.36. The fourth-order valence-corrected chi connectivity index (χ4v) is 0.787. The first kappa shape index (κ1) is 22.3. The molecule has 0 spiro atoms. The van der Waals surface area contributed by atoms with Gasteiger partial charge in [-0.1, -0.05) is 40.7 Å². The number of aromatic nitrogens is 1. The maximum absolute atomic E-state index is 5.36. The quantitative estimate of drug-likeness (QED) is 0.794. The fourth-order valence-electron chi connectivity index (χ4n) is 0.787. The van der Waals surface area contributed by atoms with Crippen molar-refractivity contribution in [2.45, 2.75) is 48.0 Å². The molecule has 110 valence electrons. The number of nitrogen functional groups attached to an aromatic ring is 1. The van der Waals surface area contributed by atoms with Gasteiger partial charge in [-0.3, -0.25) is 0 Å². The largest absolute Gasteiger partial charge is 0.384 e. The molecule has 0 radical (unpaired) electrons. The second kappa shape index (κ2) is 21.4. The molecule has 0 saturated heterocycles. The van der Waals surface area contributed by atoms with Crippen molar-refractivity contribution in [1.82, 2.24) is 4.98 Å². The Bertz CT molecular complexity index is 305. The molecule has 0 amide bonds. The minimum absolute atomic E-state index is 0.572. The molecule has 0 aliphatic carbocycles. The van der Waals surface area contributed by atoms with Gasteiger partial charge in [0, 0.05) is 12.4 Å². The zero-order chi connectivity index (χ0) is 15.5. The van der Waals surface area contributed by atoms with Crippen molar-refractivity contribution in [3.8, 4) is 0 Å². The van der Waals surface area contributed by atoms with E-state index in [1.807, 2.05) is 59.8 Å². The van der Waals surface area contributed by atoms with Gasteiger partial charge in [-0.05, 0) is 31.6 Å². The van der Waals surface area contributed by atoms with Gasteiger partial charge >= 0.3 is 0 Å². The maximum Gasteiger partial charge on any atom is 0.123 e. The standard InChI is InChI=1S/C6H12N2.C5H6N2.2C2H6/c1-3-5-6(7)8-4-2;6-5-3-1-2-4-7-5;2*1-2/h4-5H,3,7H2,1-2H3;1-4H,(H2,6,7);2*1-2H3/b6-5-,8-4-;;;. The molecule has 0 atom stereocenters. The molecule has 0 aromatic carbocycles. The van der Waals surface area contributed by atoms with Gasteiger partial charge < -0.3 is 11.5 Å². The Balaban J connectivity index is -0.000000214. The number of rotatable bonds is 2. The number of anilines is 1. The minimum Gasteiger partial charge on any atom is -0.384 e. The first-order valence-electron chi connectivity index (χ1n) is 6.81. The summed E-state index contributed by atoms with van der Waals surface area (Å²) in [4.78, 5) is 7.59. The van der Waals surface area contributed by atoms with Crippen LogP contribution in [0.1, 0.15) is 48.0 Å². The summed E-state index contributed by atoms with van der Waals surface area (Å²) in [5.74, 6) is 1.18. The van der Waals surface area contributed by atoms with Gasteiger partial charge in [-0.15, -0.1) is 0 Å². The highest BCUT2D eigenvalue weighted by Crippen LogP contribution is 1.89. The Kier molecular flexibility index (Phi) is 25.2. The van der Waals surface area contributed by atoms with Crippen molar-refractivity contribution >= 4 is 12.0 Å². The van der Waals surface area contributed by atoms with E-state index in [2.05, 4.69) is 9.98 Å². The molecule has 4 heteroatoms. The number of aliphatic imine (C=N–C) groups is 1. The molecular formula is C15H30N4. The van der Waals surface area contributed by atoms with Crippen molar-refractivity contribution in [2.75, 3.05) is 5.73 Å². The number of nitrogens with zero attached hydrogens (tertiary/aromatic N) is 2. The Morgan fingerprint density at radius 1 is 1.26 bits per heavy atom. The highest BCUT2D eigenvalue weighted by atomic mass is 14.9. The van der Waals surface area contributed by atoms with Crippen LogP contribution < -0.4 is 11.5 Å². The zero-order valence-electron chi connectivity index (χ0n) is 13.2. The summed E-state index contributed by atoms with van der Waals surface area (Å²) in [5, 5.41) is 0. The van der Waals surface area contributed by atoms with Gasteiger partial charge in [0.05, 0.1) is 0 Å². The fraction of sp³-hybridized carbons (Fsp3) is 0.467. The molecule has 0 aliphatic rings. The highest BCUT2D eigenvalue weighted by Gasteiger charge is 1.75. The number of hydrogen-bond donors (Lipinski definition) is 2. The van der Waals surface area contributed by atoms with E-state index in [0.29, 0.717) is 11.6 Å². The van der Waals surface area contributed by atoms with E-state index >= 15 is 0 Å². The normalized spacial score (nSPS) is 9.26. The Morgan fingerprint density at radius 2 is 1.84 bits per heavy atom. The van der Waals surface area contributed by atoms with Crippen LogP contribution in [0.5, 0.6) is 0 Å². The van der Waals surface area contributed by atoms with Gasteiger partial charge in [0.15, 0.2) is 0 Å². The van der Waals surface area contributed by atoms with Gasteiger partial charge in [-0.2, -0.15) is 0 Å². The van der Waals surface area contributed by atoms with Gasteiger partial charge in [0.1, 0.15) is 11.6 Å². The van der Waals surface area contributed by atoms with Gasteiger partial charge in [0.2, 0.25) is 0 Å². The van der Waals surface area contributed by atoms with E-state index in [1.54, 1.807) is 18.5 Å².